The molecule has 1 atom stereocenters. The number of anilines is 1. The molecule has 5 nitrogen and oxygen atoms in total. The van der Waals surface area contributed by atoms with Gasteiger partial charge in [0.25, 0.3) is 5.91 Å². The van der Waals surface area contributed by atoms with Crippen molar-refractivity contribution in [2.45, 2.75) is 13.0 Å². The Bertz CT molecular complexity index is 609. The molecule has 0 spiro atoms. The number of para-hydroxylation sites is 1. The average Bonchev–Trinajstić information content (AvgIpc) is 2.86. The highest BCUT2D eigenvalue weighted by Gasteiger charge is 2.21. The van der Waals surface area contributed by atoms with Crippen LogP contribution in [0.15, 0.2) is 51.6 Å². The number of carbonyl (C=O) groups is 2. The van der Waals surface area contributed by atoms with E-state index < -0.39 is 18.0 Å². The number of amides is 1. The summed E-state index contributed by atoms with van der Waals surface area (Å²) in [5.74, 6) is -1.06. The number of halogens is 1. The summed E-state index contributed by atoms with van der Waals surface area (Å²) in [6.45, 7) is 1.49. The third kappa shape index (κ3) is 3.71. The molecule has 1 aromatic carbocycles. The quantitative estimate of drug-likeness (QED) is 0.869. The Balaban J connectivity index is 1.93. The van der Waals surface area contributed by atoms with Crippen LogP contribution in [-0.2, 0) is 9.53 Å². The highest BCUT2D eigenvalue weighted by Crippen LogP contribution is 2.15. The van der Waals surface area contributed by atoms with Crippen molar-refractivity contribution in [3.63, 3.8) is 0 Å². The number of hydrogen-bond acceptors (Lipinski definition) is 4. The molecular formula is C14H12BrNO4. The van der Waals surface area contributed by atoms with Gasteiger partial charge in [-0.25, -0.2) is 4.79 Å². The number of carbonyl (C=O) groups excluding carboxylic acids is 2. The van der Waals surface area contributed by atoms with Crippen LogP contribution in [0.25, 0.3) is 0 Å². The number of benzene rings is 1. The molecule has 20 heavy (non-hydrogen) atoms. The van der Waals surface area contributed by atoms with Crippen LogP contribution < -0.4 is 5.32 Å². The van der Waals surface area contributed by atoms with E-state index in [4.69, 9.17) is 9.15 Å². The summed E-state index contributed by atoms with van der Waals surface area (Å²) in [5.41, 5.74) is 0.640. The number of nitrogens with one attached hydrogen (secondary N) is 1. The van der Waals surface area contributed by atoms with Crippen LogP contribution in [0.5, 0.6) is 0 Å². The first-order chi connectivity index (χ1) is 9.56. The summed E-state index contributed by atoms with van der Waals surface area (Å²) >= 11 is 3.09. The van der Waals surface area contributed by atoms with E-state index in [-0.39, 0.29) is 5.76 Å². The third-order valence-corrected chi connectivity index (χ3v) is 2.89. The molecule has 0 saturated heterocycles. The van der Waals surface area contributed by atoms with E-state index >= 15 is 0 Å². The predicted octanol–water partition coefficient (Wildman–Crippen LogP) is 3.23. The SMILES string of the molecule is C[C@@H](OC(=O)c1ccc(Br)o1)C(=O)Nc1ccccc1. The molecule has 0 unspecified atom stereocenters. The van der Waals surface area contributed by atoms with E-state index in [9.17, 15) is 9.59 Å². The minimum absolute atomic E-state index is 0.0382. The van der Waals surface area contributed by atoms with Gasteiger partial charge in [0, 0.05) is 5.69 Å². The largest absolute Gasteiger partial charge is 0.447 e. The third-order valence-electron chi connectivity index (χ3n) is 2.47. The van der Waals surface area contributed by atoms with Crippen LogP contribution in [0.1, 0.15) is 17.5 Å². The zero-order valence-electron chi connectivity index (χ0n) is 10.6. The van der Waals surface area contributed by atoms with Crippen molar-refractivity contribution >= 4 is 33.5 Å². The van der Waals surface area contributed by atoms with E-state index in [1.807, 2.05) is 6.07 Å². The minimum atomic E-state index is -0.924. The van der Waals surface area contributed by atoms with Gasteiger partial charge in [-0.2, -0.15) is 0 Å². The maximum atomic E-state index is 11.9. The molecule has 0 aliphatic rings. The smallest absolute Gasteiger partial charge is 0.375 e. The highest BCUT2D eigenvalue weighted by molar-refractivity contribution is 9.10. The Morgan fingerprint density at radius 3 is 2.50 bits per heavy atom. The second-order valence-electron chi connectivity index (χ2n) is 4.01. The fourth-order valence-corrected chi connectivity index (χ4v) is 1.77. The van der Waals surface area contributed by atoms with Crippen molar-refractivity contribution < 1.29 is 18.7 Å². The first-order valence-electron chi connectivity index (χ1n) is 5.88. The van der Waals surface area contributed by atoms with Crippen molar-refractivity contribution in [2.75, 3.05) is 5.32 Å². The van der Waals surface area contributed by atoms with Crippen molar-refractivity contribution in [1.29, 1.82) is 0 Å². The highest BCUT2D eigenvalue weighted by atomic mass is 79.9. The maximum Gasteiger partial charge on any atom is 0.375 e. The fraction of sp³-hybridized carbons (Fsp3) is 0.143. The van der Waals surface area contributed by atoms with Crippen molar-refractivity contribution in [2.24, 2.45) is 0 Å². The molecular weight excluding hydrogens is 326 g/mol. The van der Waals surface area contributed by atoms with E-state index in [2.05, 4.69) is 21.2 Å². The first-order valence-corrected chi connectivity index (χ1v) is 6.68. The molecule has 1 aromatic heterocycles. The molecule has 2 aromatic rings. The lowest BCUT2D eigenvalue weighted by atomic mass is 10.3. The van der Waals surface area contributed by atoms with Crippen LogP contribution in [0.2, 0.25) is 0 Å². The Hall–Kier alpha value is -2.08. The second kappa shape index (κ2) is 6.38. The lowest BCUT2D eigenvalue weighted by Crippen LogP contribution is -2.29. The molecule has 0 bridgehead atoms. The minimum Gasteiger partial charge on any atom is -0.447 e. The maximum absolute atomic E-state index is 11.9. The number of rotatable bonds is 4. The van der Waals surface area contributed by atoms with Gasteiger partial charge in [0.2, 0.25) is 5.76 Å². The zero-order chi connectivity index (χ0) is 14.5. The summed E-state index contributed by atoms with van der Waals surface area (Å²) in [4.78, 5) is 23.6. The molecule has 104 valence electrons. The molecule has 0 aliphatic heterocycles. The van der Waals surface area contributed by atoms with Gasteiger partial charge >= 0.3 is 5.97 Å². The van der Waals surface area contributed by atoms with Gasteiger partial charge in [-0.05, 0) is 47.1 Å². The number of esters is 1. The van der Waals surface area contributed by atoms with Gasteiger partial charge in [0.1, 0.15) is 0 Å². The topological polar surface area (TPSA) is 68.5 Å². The van der Waals surface area contributed by atoms with Gasteiger partial charge in [-0.1, -0.05) is 18.2 Å². The van der Waals surface area contributed by atoms with Gasteiger partial charge in [-0.15, -0.1) is 0 Å². The normalized spacial score (nSPS) is 11.7. The van der Waals surface area contributed by atoms with Gasteiger partial charge in [0.15, 0.2) is 10.8 Å². The van der Waals surface area contributed by atoms with Crippen molar-refractivity contribution in [3.05, 3.63) is 52.9 Å². The average molecular weight is 338 g/mol. The van der Waals surface area contributed by atoms with Gasteiger partial charge < -0.3 is 14.5 Å². The molecule has 0 radical (unpaired) electrons. The molecule has 0 aliphatic carbocycles. The molecule has 1 heterocycles. The first kappa shape index (κ1) is 14.3. The lowest BCUT2D eigenvalue weighted by molar-refractivity contribution is -0.123. The summed E-state index contributed by atoms with van der Waals surface area (Å²) in [5, 5.41) is 2.65. The fourth-order valence-electron chi connectivity index (χ4n) is 1.46. The number of furan rings is 1. The lowest BCUT2D eigenvalue weighted by Gasteiger charge is -2.12. The molecule has 1 amide bonds. The van der Waals surface area contributed by atoms with Crippen molar-refractivity contribution in [1.82, 2.24) is 0 Å². The molecule has 0 fully saturated rings. The summed E-state index contributed by atoms with van der Waals surface area (Å²) < 4.78 is 10.5. The molecule has 1 N–H and O–H groups in total. The van der Waals surface area contributed by atoms with Crippen molar-refractivity contribution in [3.8, 4) is 0 Å². The van der Waals surface area contributed by atoms with Crippen LogP contribution >= 0.6 is 15.9 Å². The standard InChI is InChI=1S/C14H12BrNO4/c1-9(13(17)16-10-5-3-2-4-6-10)19-14(18)11-7-8-12(15)20-11/h2-9H,1H3,(H,16,17)/t9-/m1/s1. The van der Waals surface area contributed by atoms with Gasteiger partial charge in [-0.3, -0.25) is 4.79 Å². The van der Waals surface area contributed by atoms with Gasteiger partial charge in [0.05, 0.1) is 0 Å². The zero-order valence-corrected chi connectivity index (χ0v) is 12.2. The molecule has 2 rings (SSSR count). The summed E-state index contributed by atoms with van der Waals surface area (Å²) in [6.07, 6.45) is -0.924. The van der Waals surface area contributed by atoms with E-state index in [0.29, 0.717) is 10.4 Å². The Morgan fingerprint density at radius 1 is 1.20 bits per heavy atom. The van der Waals surface area contributed by atoms with Crippen LogP contribution in [0, 0.1) is 0 Å². The Kier molecular flexibility index (Phi) is 4.57. The second-order valence-corrected chi connectivity index (χ2v) is 4.79. The number of ether oxygens (including phenoxy) is 1. The predicted molar refractivity (Wildman–Crippen MR) is 76.4 cm³/mol. The Morgan fingerprint density at radius 2 is 1.90 bits per heavy atom. The monoisotopic (exact) mass is 337 g/mol. The summed E-state index contributed by atoms with van der Waals surface area (Å²) in [7, 11) is 0. The Labute approximate surface area is 124 Å². The van der Waals surface area contributed by atoms with Crippen LogP contribution in [-0.4, -0.2) is 18.0 Å². The van der Waals surface area contributed by atoms with E-state index in [1.54, 1.807) is 30.3 Å². The molecule has 6 heteroatoms. The van der Waals surface area contributed by atoms with Crippen LogP contribution in [0.4, 0.5) is 5.69 Å². The van der Waals surface area contributed by atoms with Crippen LogP contribution in [0.3, 0.4) is 0 Å². The molecule has 0 saturated carbocycles. The number of hydrogen-bond donors (Lipinski definition) is 1. The summed E-state index contributed by atoms with van der Waals surface area (Å²) in [6, 6.07) is 12.0. The van der Waals surface area contributed by atoms with E-state index in [1.165, 1.54) is 13.0 Å². The van der Waals surface area contributed by atoms with E-state index in [0.717, 1.165) is 0 Å².